The third-order valence-corrected chi connectivity index (χ3v) is 6.26. The average molecular weight is 523 g/mol. The van der Waals surface area contributed by atoms with Gasteiger partial charge >= 0.3 is 5.97 Å². The second kappa shape index (κ2) is 21.9. The first-order valence-electron chi connectivity index (χ1n) is 12.8. The van der Waals surface area contributed by atoms with Gasteiger partial charge in [-0.1, -0.05) is 70.4 Å². The number of carbonyl (C=O) groups excluding carboxylic acids is 2. The number of phosphoric acid groups is 1. The lowest BCUT2D eigenvalue weighted by atomic mass is 10.1. The van der Waals surface area contributed by atoms with E-state index in [9.17, 15) is 29.3 Å². The normalized spacial score (nSPS) is 15.1. The van der Waals surface area contributed by atoms with E-state index in [-0.39, 0.29) is 6.42 Å². The van der Waals surface area contributed by atoms with Gasteiger partial charge in [-0.3, -0.25) is 9.36 Å². The number of hydrogen-bond acceptors (Lipinski definition) is 9. The summed E-state index contributed by atoms with van der Waals surface area (Å²) in [4.78, 5) is 34.0. The van der Waals surface area contributed by atoms with Gasteiger partial charge in [0.2, 0.25) is 0 Å². The van der Waals surface area contributed by atoms with Crippen LogP contribution in [0.1, 0.15) is 96.8 Å². The zero-order valence-corrected chi connectivity index (χ0v) is 22.1. The first-order valence-corrected chi connectivity index (χ1v) is 14.3. The molecule has 0 aromatic rings. The van der Waals surface area contributed by atoms with E-state index in [1.54, 1.807) is 0 Å². The van der Waals surface area contributed by atoms with Crippen molar-refractivity contribution in [3.8, 4) is 0 Å². The number of unbranched alkanes of at least 4 members (excludes halogenated alkanes) is 11. The zero-order valence-electron chi connectivity index (χ0n) is 21.2. The number of aliphatic carboxylic acids is 1. The first kappa shape index (κ1) is 33.7. The number of ether oxygens (including phenoxy) is 1. The number of phosphoric ester groups is 1. The van der Waals surface area contributed by atoms with Crippen molar-refractivity contribution in [2.75, 3.05) is 19.8 Å². The molecule has 0 heterocycles. The average Bonchev–Trinajstić information content (AvgIpc) is 2.82. The molecule has 1 unspecified atom stereocenters. The second-order valence-electron chi connectivity index (χ2n) is 8.68. The number of carboxylic acids is 1. The molecule has 0 aromatic carbocycles. The summed E-state index contributed by atoms with van der Waals surface area (Å²) in [6, 6.07) is -1.39. The number of aliphatic hydroxyl groups is 1. The third kappa shape index (κ3) is 21.7. The number of rotatable bonds is 24. The second-order valence-corrected chi connectivity index (χ2v) is 10.1. The highest BCUT2D eigenvalue weighted by molar-refractivity contribution is 7.45. The van der Waals surface area contributed by atoms with Gasteiger partial charge in [0.25, 0.3) is 7.82 Å². The molecule has 4 N–H and O–H groups in total. The molecule has 0 aliphatic carbocycles. The smallest absolute Gasteiger partial charge is 0.306 e. The lowest BCUT2D eigenvalue weighted by Gasteiger charge is -2.25. The number of hydrogen-bond donors (Lipinski definition) is 2. The predicted molar refractivity (Wildman–Crippen MR) is 128 cm³/mol. The van der Waals surface area contributed by atoms with Crippen LogP contribution >= 0.6 is 7.82 Å². The van der Waals surface area contributed by atoms with Crippen molar-refractivity contribution in [2.24, 2.45) is 0 Å². The Morgan fingerprint density at radius 1 is 0.914 bits per heavy atom. The molecular formula is C24H45NO9P-. The molecule has 0 aromatic heterocycles. The summed E-state index contributed by atoms with van der Waals surface area (Å²) in [7, 11) is -4.84. The van der Waals surface area contributed by atoms with Gasteiger partial charge in [-0.2, -0.15) is 0 Å². The van der Waals surface area contributed by atoms with Crippen molar-refractivity contribution in [1.82, 2.24) is 0 Å². The molecule has 10 nitrogen and oxygen atoms in total. The van der Waals surface area contributed by atoms with Crippen molar-refractivity contribution in [2.45, 2.75) is 109 Å². The quantitative estimate of drug-likeness (QED) is 0.0829. The summed E-state index contributed by atoms with van der Waals surface area (Å²) >= 11 is 0. The molecule has 0 fully saturated rings. The summed E-state index contributed by atoms with van der Waals surface area (Å²) in [6.45, 7) is 0.215. The van der Waals surface area contributed by atoms with Crippen LogP contribution in [0.3, 0.4) is 0 Å². The summed E-state index contributed by atoms with van der Waals surface area (Å²) in [5.74, 6) is -2.12. The van der Waals surface area contributed by atoms with E-state index in [1.165, 1.54) is 38.5 Å². The van der Waals surface area contributed by atoms with Crippen LogP contribution in [-0.2, 0) is 27.9 Å². The Morgan fingerprint density at radius 2 is 1.43 bits per heavy atom. The fourth-order valence-electron chi connectivity index (χ4n) is 3.17. The maximum absolute atomic E-state index is 11.9. The molecule has 3 atom stereocenters. The number of allylic oxidation sites excluding steroid dienone is 2. The first-order chi connectivity index (χ1) is 16.7. The Bertz CT molecular complexity index is 630. The van der Waals surface area contributed by atoms with Gasteiger partial charge in [-0.05, 0) is 32.1 Å². The van der Waals surface area contributed by atoms with Gasteiger partial charge in [-0.25, -0.2) is 0 Å². The summed E-state index contributed by atoms with van der Waals surface area (Å²) < 4.78 is 25.6. The molecule has 0 saturated heterocycles. The van der Waals surface area contributed by atoms with Crippen molar-refractivity contribution in [1.29, 1.82) is 0 Å². The molecule has 0 aliphatic heterocycles. The largest absolute Gasteiger partial charge is 0.756 e. The van der Waals surface area contributed by atoms with Crippen LogP contribution < -0.4 is 15.7 Å². The topological polar surface area (TPSA) is 173 Å². The maximum Gasteiger partial charge on any atom is 0.306 e. The van der Waals surface area contributed by atoms with E-state index in [1.807, 2.05) is 0 Å². The minimum Gasteiger partial charge on any atom is -0.756 e. The van der Waals surface area contributed by atoms with Crippen molar-refractivity contribution in [3.05, 3.63) is 12.2 Å². The van der Waals surface area contributed by atoms with Gasteiger partial charge in [-0.15, -0.1) is 0 Å². The summed E-state index contributed by atoms with van der Waals surface area (Å²) in [5.41, 5.74) is 3.16. The van der Waals surface area contributed by atoms with E-state index in [4.69, 9.17) is 4.74 Å². The van der Waals surface area contributed by atoms with Crippen LogP contribution in [-0.4, -0.2) is 49.0 Å². The molecule has 0 saturated carbocycles. The Balaban J connectivity index is 3.77. The Labute approximate surface area is 209 Å². The third-order valence-electron chi connectivity index (χ3n) is 5.33. The lowest BCUT2D eigenvalue weighted by molar-refractivity contribution is -0.441. The lowest BCUT2D eigenvalue weighted by Crippen LogP contribution is -2.70. The molecular weight excluding hydrogens is 477 g/mol. The van der Waals surface area contributed by atoms with E-state index in [2.05, 4.69) is 33.9 Å². The maximum atomic E-state index is 11.9. The van der Waals surface area contributed by atoms with E-state index < -0.39 is 51.7 Å². The Hall–Kier alpha value is -1.29. The highest BCUT2D eigenvalue weighted by atomic mass is 31.2. The van der Waals surface area contributed by atoms with Gasteiger partial charge in [0.15, 0.2) is 0 Å². The summed E-state index contributed by atoms with van der Waals surface area (Å²) in [5, 5.41) is 19.8. The van der Waals surface area contributed by atoms with Crippen LogP contribution in [0.5, 0.6) is 0 Å². The number of esters is 1. The summed E-state index contributed by atoms with van der Waals surface area (Å²) in [6.07, 6.45) is 18.4. The molecule has 0 aliphatic rings. The van der Waals surface area contributed by atoms with E-state index in [0.29, 0.717) is 6.42 Å². The number of aliphatic hydroxyl groups excluding tert-OH is 1. The van der Waals surface area contributed by atoms with Gasteiger partial charge in [0, 0.05) is 6.42 Å². The van der Waals surface area contributed by atoms with E-state index >= 15 is 0 Å². The minimum absolute atomic E-state index is 0.162. The SMILES string of the molecule is CCCCCCCC/C=C\CCCCCCCC(=O)O[C@H](CO)COP(=O)([O-])OC[C@H]([NH3+])C(=O)[O-]. The van der Waals surface area contributed by atoms with Gasteiger partial charge in [0.1, 0.15) is 24.7 Å². The Morgan fingerprint density at radius 3 is 1.97 bits per heavy atom. The van der Waals surface area contributed by atoms with Crippen molar-refractivity contribution in [3.63, 3.8) is 0 Å². The molecule has 0 spiro atoms. The molecule has 0 rings (SSSR count). The van der Waals surface area contributed by atoms with Crippen LogP contribution in [0.2, 0.25) is 0 Å². The van der Waals surface area contributed by atoms with Crippen LogP contribution in [0.15, 0.2) is 12.2 Å². The highest BCUT2D eigenvalue weighted by Gasteiger charge is 2.20. The number of carboxylic acid groups (broad SMARTS) is 1. The fraction of sp³-hybridized carbons (Fsp3) is 0.833. The number of quaternary nitrogens is 1. The highest BCUT2D eigenvalue weighted by Crippen LogP contribution is 2.38. The Kier molecular flexibility index (Phi) is 21.1. The van der Waals surface area contributed by atoms with Crippen LogP contribution in [0.4, 0.5) is 0 Å². The molecule has 0 amide bonds. The van der Waals surface area contributed by atoms with Crippen molar-refractivity contribution < 1.29 is 48.8 Å². The molecule has 0 bridgehead atoms. The minimum atomic E-state index is -4.84. The number of carbonyl (C=O) groups is 2. The van der Waals surface area contributed by atoms with Gasteiger partial charge < -0.3 is 39.4 Å². The predicted octanol–water partition coefficient (Wildman–Crippen LogP) is 1.79. The fourth-order valence-corrected chi connectivity index (χ4v) is 3.96. The van der Waals surface area contributed by atoms with Crippen LogP contribution in [0, 0.1) is 0 Å². The molecule has 35 heavy (non-hydrogen) atoms. The van der Waals surface area contributed by atoms with Crippen molar-refractivity contribution >= 4 is 19.8 Å². The van der Waals surface area contributed by atoms with Gasteiger partial charge in [0.05, 0.1) is 13.2 Å². The molecule has 11 heteroatoms. The standard InChI is InChI=1S/C24H46NO9P/c1-2-3-4-5-6-7-8-9-10-11-12-13-14-15-16-17-23(27)34-21(18-26)19-32-35(30,31)33-20-22(25)24(28)29/h9-10,21-22,26H,2-8,11-20,25H2,1H3,(H,28,29)(H,30,31)/p-1/b10-9-/t21-,22+/m1/s1. The molecule has 0 radical (unpaired) electrons. The molecule has 206 valence electrons. The monoisotopic (exact) mass is 522 g/mol. The van der Waals surface area contributed by atoms with Crippen LogP contribution in [0.25, 0.3) is 0 Å². The zero-order chi connectivity index (χ0) is 26.4. The van der Waals surface area contributed by atoms with E-state index in [0.717, 1.165) is 38.5 Å².